The summed E-state index contributed by atoms with van der Waals surface area (Å²) < 4.78 is 24.1. The summed E-state index contributed by atoms with van der Waals surface area (Å²) in [6, 6.07) is 12.9. The minimum atomic E-state index is -1.18. The Morgan fingerprint density at radius 2 is 1.88 bits per heavy atom. The molecule has 12 heteroatoms. The lowest BCUT2D eigenvalue weighted by Crippen LogP contribution is -2.40. The summed E-state index contributed by atoms with van der Waals surface area (Å²) >= 11 is 0. The van der Waals surface area contributed by atoms with Crippen LogP contribution in [0.25, 0.3) is 11.6 Å². The summed E-state index contributed by atoms with van der Waals surface area (Å²) in [4.78, 5) is 49.0. The fourth-order valence-electron chi connectivity index (χ4n) is 7.09. The van der Waals surface area contributed by atoms with Crippen LogP contribution in [0.1, 0.15) is 85.4 Å². The number of Topliss-reactive ketones (excluding diaryl/α,β-unsaturated/α-hetero) is 1. The van der Waals surface area contributed by atoms with Crippen LogP contribution in [-0.4, -0.2) is 52.2 Å². The number of benzene rings is 2. The molecule has 0 aliphatic carbocycles. The SMILES string of the molecule is COC(=O)c1coc(-c2nc3oc2C24c5ccccc5NC2Oc2ccc(cc24)C[C@H](CC(=O)[C@@H](O)C(C)C)C(=O)N[C@H]3CC(C)C)n1. The van der Waals surface area contributed by atoms with Gasteiger partial charge in [0.15, 0.2) is 29.2 Å². The van der Waals surface area contributed by atoms with E-state index in [0.717, 1.165) is 22.4 Å². The van der Waals surface area contributed by atoms with Crippen molar-refractivity contribution in [3.05, 3.63) is 82.8 Å². The minimum Gasteiger partial charge on any atom is -0.469 e. The minimum absolute atomic E-state index is 0.0339. The van der Waals surface area contributed by atoms with Gasteiger partial charge in [-0.25, -0.2) is 14.8 Å². The number of ether oxygens (including phenoxy) is 2. The van der Waals surface area contributed by atoms with Crippen LogP contribution in [0.15, 0.2) is 57.6 Å². The van der Waals surface area contributed by atoms with E-state index in [4.69, 9.17) is 23.3 Å². The van der Waals surface area contributed by atoms with Gasteiger partial charge in [-0.05, 0) is 47.9 Å². The summed E-state index contributed by atoms with van der Waals surface area (Å²) in [6.45, 7) is 7.59. The summed E-state index contributed by atoms with van der Waals surface area (Å²) in [6.07, 6.45) is -0.0357. The number of para-hydroxylation sites is 1. The molecular weight excluding hydrogens is 616 g/mol. The Labute approximate surface area is 277 Å². The van der Waals surface area contributed by atoms with Gasteiger partial charge >= 0.3 is 5.97 Å². The summed E-state index contributed by atoms with van der Waals surface area (Å²) in [5.74, 6) is -1.11. The highest BCUT2D eigenvalue weighted by atomic mass is 16.5. The molecule has 0 radical (unpaired) electrons. The molecule has 1 amide bonds. The zero-order valence-corrected chi connectivity index (χ0v) is 27.4. The number of rotatable bonds is 8. The quantitative estimate of drug-likeness (QED) is 0.220. The van der Waals surface area contributed by atoms with Crippen LogP contribution in [-0.2, 0) is 26.2 Å². The normalized spacial score (nSPS) is 22.9. The molecule has 2 unspecified atom stereocenters. The number of oxazole rings is 2. The number of amides is 1. The first-order valence-electron chi connectivity index (χ1n) is 16.2. The van der Waals surface area contributed by atoms with E-state index in [-0.39, 0.29) is 53.8 Å². The molecule has 5 heterocycles. The van der Waals surface area contributed by atoms with E-state index in [0.29, 0.717) is 17.9 Å². The number of carbonyl (C=O) groups excluding carboxylic acids is 3. The number of anilines is 1. The predicted octanol–water partition coefficient (Wildman–Crippen LogP) is 4.95. The zero-order chi connectivity index (χ0) is 33.9. The third kappa shape index (κ3) is 5.06. The summed E-state index contributed by atoms with van der Waals surface area (Å²) in [5.41, 5.74) is 2.44. The molecule has 1 spiro atoms. The number of nitrogens with zero attached hydrogens (tertiary/aromatic N) is 2. The number of aliphatic hydroxyl groups excluding tert-OH is 1. The van der Waals surface area contributed by atoms with Gasteiger partial charge in [-0.1, -0.05) is 58.0 Å². The second-order valence-corrected chi connectivity index (χ2v) is 13.5. The van der Waals surface area contributed by atoms with E-state index >= 15 is 0 Å². The molecule has 4 aromatic rings. The van der Waals surface area contributed by atoms with E-state index in [1.807, 2.05) is 56.3 Å². The highest BCUT2D eigenvalue weighted by Gasteiger charge is 2.61. The fraction of sp³-hybridized carbons (Fsp3) is 0.417. The maximum atomic E-state index is 14.1. The molecule has 2 aromatic heterocycles. The molecule has 3 aliphatic rings. The van der Waals surface area contributed by atoms with Crippen LogP contribution in [0, 0.1) is 17.8 Å². The maximum Gasteiger partial charge on any atom is 0.360 e. The van der Waals surface area contributed by atoms with Crippen LogP contribution in [0.4, 0.5) is 5.69 Å². The van der Waals surface area contributed by atoms with Crippen LogP contribution in [0.2, 0.25) is 0 Å². The van der Waals surface area contributed by atoms with Crippen molar-refractivity contribution in [1.82, 2.24) is 15.3 Å². The van der Waals surface area contributed by atoms with Gasteiger partial charge in [0.2, 0.25) is 17.7 Å². The van der Waals surface area contributed by atoms with Crippen LogP contribution in [0.3, 0.4) is 0 Å². The fourth-order valence-corrected chi connectivity index (χ4v) is 7.09. The number of carbonyl (C=O) groups is 3. The highest BCUT2D eigenvalue weighted by molar-refractivity contribution is 5.90. The van der Waals surface area contributed by atoms with E-state index in [1.165, 1.54) is 13.4 Å². The van der Waals surface area contributed by atoms with Crippen LogP contribution in [0.5, 0.6) is 5.75 Å². The molecule has 250 valence electrons. The van der Waals surface area contributed by atoms with Gasteiger partial charge in [0.05, 0.1) is 7.11 Å². The number of esters is 1. The standard InChI is InChI=1S/C36H38N4O8/c1-17(2)12-24-32-40-28(33-38-25(16-46-33)34(44)45-5)30(48-32)36-21-8-6-7-9-23(21)39-35(36)47-27-11-10-19(14-22(27)36)13-20(31(43)37-24)15-26(41)29(42)18(3)4/h6-11,14,16-18,20,24,29,35,39,42H,12-13,15H2,1-5H3,(H,37,43)/t20-,24+,29+,35?,36?/m1/s1. The van der Waals surface area contributed by atoms with Crippen molar-refractivity contribution < 1.29 is 37.8 Å². The molecule has 2 aromatic carbocycles. The van der Waals surface area contributed by atoms with E-state index in [1.54, 1.807) is 13.8 Å². The Balaban J connectivity index is 1.47. The van der Waals surface area contributed by atoms with Crippen molar-refractivity contribution in [2.45, 2.75) is 70.7 Å². The number of ketones is 1. The van der Waals surface area contributed by atoms with Gasteiger partial charge < -0.3 is 34.0 Å². The van der Waals surface area contributed by atoms with Gasteiger partial charge in [0, 0.05) is 23.6 Å². The monoisotopic (exact) mass is 654 g/mol. The number of aliphatic hydroxyl groups is 1. The topological polar surface area (TPSA) is 166 Å². The summed E-state index contributed by atoms with van der Waals surface area (Å²) in [7, 11) is 1.26. The number of fused-ring (bicyclic) bond motifs is 4. The lowest BCUT2D eigenvalue weighted by molar-refractivity contribution is -0.135. The van der Waals surface area contributed by atoms with Crippen molar-refractivity contribution in [2.75, 3.05) is 12.4 Å². The second-order valence-electron chi connectivity index (χ2n) is 13.5. The molecule has 3 N–H and O–H groups in total. The first-order valence-corrected chi connectivity index (χ1v) is 16.2. The third-order valence-corrected chi connectivity index (χ3v) is 9.43. The van der Waals surface area contributed by atoms with Crippen LogP contribution < -0.4 is 15.4 Å². The maximum absolute atomic E-state index is 14.1. The van der Waals surface area contributed by atoms with E-state index in [2.05, 4.69) is 15.6 Å². The molecule has 0 fully saturated rings. The molecule has 3 aliphatic heterocycles. The van der Waals surface area contributed by atoms with Gasteiger partial charge in [-0.15, -0.1) is 0 Å². The largest absolute Gasteiger partial charge is 0.469 e. The molecule has 0 saturated heterocycles. The van der Waals surface area contributed by atoms with E-state index < -0.39 is 41.5 Å². The van der Waals surface area contributed by atoms with E-state index in [9.17, 15) is 19.5 Å². The van der Waals surface area contributed by atoms with Gasteiger partial charge in [-0.2, -0.15) is 0 Å². The lowest BCUT2D eigenvalue weighted by Gasteiger charge is -2.28. The van der Waals surface area contributed by atoms with Crippen molar-refractivity contribution in [2.24, 2.45) is 17.8 Å². The van der Waals surface area contributed by atoms with Gasteiger partial charge in [-0.3, -0.25) is 9.59 Å². The zero-order valence-electron chi connectivity index (χ0n) is 27.4. The molecule has 0 saturated carbocycles. The average molecular weight is 655 g/mol. The predicted molar refractivity (Wildman–Crippen MR) is 172 cm³/mol. The number of methoxy groups -OCH3 is 1. The number of nitrogens with one attached hydrogen (secondary N) is 2. The Morgan fingerprint density at radius 3 is 2.62 bits per heavy atom. The molecule has 4 bridgehead atoms. The summed E-state index contributed by atoms with van der Waals surface area (Å²) in [5, 5.41) is 17.2. The molecule has 7 rings (SSSR count). The van der Waals surface area contributed by atoms with Crippen molar-refractivity contribution in [3.63, 3.8) is 0 Å². The smallest absolute Gasteiger partial charge is 0.360 e. The van der Waals surface area contributed by atoms with Crippen molar-refractivity contribution in [3.8, 4) is 17.3 Å². The lowest BCUT2D eigenvalue weighted by atomic mass is 9.72. The third-order valence-electron chi connectivity index (χ3n) is 9.43. The Hall–Kier alpha value is -4.97. The first-order chi connectivity index (χ1) is 23.0. The average Bonchev–Trinajstić information content (AvgIpc) is 3.84. The number of hydrogen-bond donors (Lipinski definition) is 3. The molecule has 12 nitrogen and oxygen atoms in total. The molecular formula is C36H38N4O8. The Bertz CT molecular complexity index is 1910. The van der Waals surface area contributed by atoms with Crippen LogP contribution >= 0.6 is 0 Å². The number of aromatic nitrogens is 2. The van der Waals surface area contributed by atoms with Crippen molar-refractivity contribution >= 4 is 23.3 Å². The highest BCUT2D eigenvalue weighted by Crippen LogP contribution is 2.59. The second kappa shape index (κ2) is 11.9. The number of hydrogen-bond acceptors (Lipinski definition) is 11. The molecule has 48 heavy (non-hydrogen) atoms. The Kier molecular flexibility index (Phi) is 7.86. The first kappa shape index (κ1) is 31.6. The van der Waals surface area contributed by atoms with Gasteiger partial charge in [0.1, 0.15) is 29.6 Å². The Morgan fingerprint density at radius 1 is 1.08 bits per heavy atom. The molecule has 5 atom stereocenters. The van der Waals surface area contributed by atoms with Gasteiger partial charge in [0.25, 0.3) is 0 Å². The van der Waals surface area contributed by atoms with Crippen molar-refractivity contribution in [1.29, 1.82) is 0 Å².